The molecule has 1 aromatic carbocycles. The number of methoxy groups -OCH3 is 1. The van der Waals surface area contributed by atoms with Crippen molar-refractivity contribution in [3.05, 3.63) is 70.5 Å². The molecule has 0 fully saturated rings. The second kappa shape index (κ2) is 7.50. The van der Waals surface area contributed by atoms with Crippen molar-refractivity contribution in [2.75, 3.05) is 13.7 Å². The molecule has 2 aromatic heterocycles. The van der Waals surface area contributed by atoms with E-state index >= 15 is 0 Å². The molecule has 0 saturated heterocycles. The first-order chi connectivity index (χ1) is 13.6. The van der Waals surface area contributed by atoms with E-state index in [1.54, 1.807) is 44.4 Å². The predicted molar refractivity (Wildman–Crippen MR) is 106 cm³/mol. The Bertz CT molecular complexity index is 1050. The van der Waals surface area contributed by atoms with Gasteiger partial charge in [0.1, 0.15) is 5.75 Å². The summed E-state index contributed by atoms with van der Waals surface area (Å²) in [5.41, 5.74) is 4.71. The Kier molecular flexibility index (Phi) is 4.90. The monoisotopic (exact) mass is 377 g/mol. The number of aryl methyl sites for hydroxylation is 2. The SMILES string of the molecule is CCOC(=O)c1cc(C(=O)c2ccc(OC)cc2)n2ccc3c(c12)CCCC3. The standard InChI is InChI=1S/C23H23NO4/c1-3-28-23(26)19-14-20(22(25)16-8-10-17(27-2)11-9-16)24-13-12-15-6-4-5-7-18(15)21(19)24/h8-14H,3-7H2,1-2H3. The van der Waals surface area contributed by atoms with Crippen molar-refractivity contribution < 1.29 is 19.1 Å². The molecule has 0 spiro atoms. The van der Waals surface area contributed by atoms with E-state index < -0.39 is 0 Å². The van der Waals surface area contributed by atoms with E-state index in [-0.39, 0.29) is 11.8 Å². The third-order valence-electron chi connectivity index (χ3n) is 5.34. The fraction of sp³-hybridized carbons (Fsp3) is 0.304. The van der Waals surface area contributed by atoms with Gasteiger partial charge in [0.15, 0.2) is 0 Å². The number of hydrogen-bond acceptors (Lipinski definition) is 4. The van der Waals surface area contributed by atoms with Gasteiger partial charge in [-0.3, -0.25) is 4.79 Å². The molecule has 5 heteroatoms. The number of fused-ring (bicyclic) bond motifs is 3. The lowest BCUT2D eigenvalue weighted by molar-refractivity contribution is 0.0528. The lowest BCUT2D eigenvalue weighted by Gasteiger charge is -2.18. The summed E-state index contributed by atoms with van der Waals surface area (Å²) in [6, 6.07) is 10.7. The van der Waals surface area contributed by atoms with Crippen molar-refractivity contribution >= 4 is 17.3 Å². The van der Waals surface area contributed by atoms with E-state index in [0.29, 0.717) is 29.2 Å². The third-order valence-corrected chi connectivity index (χ3v) is 5.34. The first-order valence-corrected chi connectivity index (χ1v) is 9.65. The summed E-state index contributed by atoms with van der Waals surface area (Å²) in [5.74, 6) is 0.176. The minimum absolute atomic E-state index is 0.135. The first kappa shape index (κ1) is 18.3. The Labute approximate surface area is 163 Å². The highest BCUT2D eigenvalue weighted by atomic mass is 16.5. The molecule has 144 valence electrons. The second-order valence-corrected chi connectivity index (χ2v) is 6.97. The fourth-order valence-corrected chi connectivity index (χ4v) is 3.96. The van der Waals surface area contributed by atoms with Crippen molar-refractivity contribution in [1.82, 2.24) is 4.40 Å². The molecule has 0 bridgehead atoms. The summed E-state index contributed by atoms with van der Waals surface area (Å²) >= 11 is 0. The number of pyridine rings is 1. The van der Waals surface area contributed by atoms with Crippen LogP contribution in [-0.2, 0) is 17.6 Å². The third kappa shape index (κ3) is 3.07. The minimum Gasteiger partial charge on any atom is -0.497 e. The van der Waals surface area contributed by atoms with E-state index in [4.69, 9.17) is 9.47 Å². The lowest BCUT2D eigenvalue weighted by atomic mass is 9.91. The molecule has 1 aliphatic rings. The number of benzene rings is 1. The number of ether oxygens (including phenoxy) is 2. The highest BCUT2D eigenvalue weighted by Gasteiger charge is 2.25. The van der Waals surface area contributed by atoms with E-state index in [1.807, 2.05) is 10.6 Å². The lowest BCUT2D eigenvalue weighted by Crippen LogP contribution is -2.10. The predicted octanol–water partition coefficient (Wildman–Crippen LogP) is 4.23. The topological polar surface area (TPSA) is 57.0 Å². The molecule has 0 amide bonds. The zero-order chi connectivity index (χ0) is 19.7. The van der Waals surface area contributed by atoms with E-state index in [2.05, 4.69) is 6.07 Å². The van der Waals surface area contributed by atoms with Crippen LogP contribution in [0.25, 0.3) is 5.52 Å². The van der Waals surface area contributed by atoms with Crippen LogP contribution < -0.4 is 4.74 Å². The molecule has 0 atom stereocenters. The Balaban J connectivity index is 1.88. The molecule has 0 N–H and O–H groups in total. The summed E-state index contributed by atoms with van der Waals surface area (Å²) in [5, 5.41) is 0. The molecule has 0 saturated carbocycles. The smallest absolute Gasteiger partial charge is 0.340 e. The summed E-state index contributed by atoms with van der Waals surface area (Å²) < 4.78 is 12.3. The number of esters is 1. The molecule has 1 aliphatic carbocycles. The van der Waals surface area contributed by atoms with Crippen LogP contribution in [0.2, 0.25) is 0 Å². The maximum Gasteiger partial charge on any atom is 0.340 e. The van der Waals surface area contributed by atoms with Gasteiger partial charge in [-0.15, -0.1) is 0 Å². The van der Waals surface area contributed by atoms with Crippen LogP contribution in [0.4, 0.5) is 0 Å². The quantitative estimate of drug-likeness (QED) is 0.493. The summed E-state index contributed by atoms with van der Waals surface area (Å²) in [6.07, 6.45) is 6.05. The van der Waals surface area contributed by atoms with Crippen LogP contribution in [0.15, 0.2) is 42.6 Å². The summed E-state index contributed by atoms with van der Waals surface area (Å²) in [7, 11) is 1.59. The molecule has 28 heavy (non-hydrogen) atoms. The highest BCUT2D eigenvalue weighted by Crippen LogP contribution is 2.31. The fourth-order valence-electron chi connectivity index (χ4n) is 3.96. The number of ketones is 1. The van der Waals surface area contributed by atoms with Gasteiger partial charge in [0.2, 0.25) is 5.78 Å². The Morgan fingerprint density at radius 2 is 1.82 bits per heavy atom. The molecule has 0 radical (unpaired) electrons. The normalized spacial score (nSPS) is 13.2. The number of hydrogen-bond donors (Lipinski definition) is 0. The maximum absolute atomic E-state index is 13.2. The van der Waals surface area contributed by atoms with Crippen molar-refractivity contribution in [1.29, 1.82) is 0 Å². The number of nitrogens with zero attached hydrogens (tertiary/aromatic N) is 1. The molecule has 4 rings (SSSR count). The molecular weight excluding hydrogens is 354 g/mol. The Morgan fingerprint density at radius 1 is 1.07 bits per heavy atom. The van der Waals surface area contributed by atoms with Crippen LogP contribution >= 0.6 is 0 Å². The van der Waals surface area contributed by atoms with Gasteiger partial charge in [-0.05, 0) is 80.1 Å². The van der Waals surface area contributed by atoms with Gasteiger partial charge in [-0.1, -0.05) is 0 Å². The average Bonchev–Trinajstić information content (AvgIpc) is 3.14. The van der Waals surface area contributed by atoms with Crippen LogP contribution in [0.1, 0.15) is 57.3 Å². The summed E-state index contributed by atoms with van der Waals surface area (Å²) in [6.45, 7) is 2.09. The van der Waals surface area contributed by atoms with E-state index in [9.17, 15) is 9.59 Å². The maximum atomic E-state index is 13.2. The summed E-state index contributed by atoms with van der Waals surface area (Å²) in [4.78, 5) is 25.8. The minimum atomic E-state index is -0.382. The Morgan fingerprint density at radius 3 is 2.54 bits per heavy atom. The average molecular weight is 377 g/mol. The Hall–Kier alpha value is -3.08. The highest BCUT2D eigenvalue weighted by molar-refractivity contribution is 6.11. The molecule has 0 unspecified atom stereocenters. The zero-order valence-electron chi connectivity index (χ0n) is 16.2. The van der Waals surface area contributed by atoms with Gasteiger partial charge < -0.3 is 13.9 Å². The molecule has 2 heterocycles. The van der Waals surface area contributed by atoms with Gasteiger partial charge in [0.05, 0.1) is 30.5 Å². The van der Waals surface area contributed by atoms with E-state index in [0.717, 1.165) is 36.8 Å². The van der Waals surface area contributed by atoms with Gasteiger partial charge in [0, 0.05) is 11.8 Å². The molecule has 5 nitrogen and oxygen atoms in total. The van der Waals surface area contributed by atoms with Crippen LogP contribution in [-0.4, -0.2) is 29.9 Å². The number of rotatable bonds is 5. The second-order valence-electron chi connectivity index (χ2n) is 6.97. The van der Waals surface area contributed by atoms with Crippen molar-refractivity contribution in [2.24, 2.45) is 0 Å². The molecule has 3 aromatic rings. The largest absolute Gasteiger partial charge is 0.497 e. The van der Waals surface area contributed by atoms with Crippen molar-refractivity contribution in [3.8, 4) is 5.75 Å². The van der Waals surface area contributed by atoms with Gasteiger partial charge >= 0.3 is 5.97 Å². The molecular formula is C23H23NO4. The number of carbonyl (C=O) groups is 2. The van der Waals surface area contributed by atoms with E-state index in [1.165, 1.54) is 5.56 Å². The van der Waals surface area contributed by atoms with Gasteiger partial charge in [-0.25, -0.2) is 4.79 Å². The zero-order valence-corrected chi connectivity index (χ0v) is 16.2. The molecule has 0 aliphatic heterocycles. The first-order valence-electron chi connectivity index (χ1n) is 9.65. The van der Waals surface area contributed by atoms with Gasteiger partial charge in [-0.2, -0.15) is 0 Å². The van der Waals surface area contributed by atoms with Crippen molar-refractivity contribution in [3.63, 3.8) is 0 Å². The van der Waals surface area contributed by atoms with Crippen LogP contribution in [0.3, 0.4) is 0 Å². The van der Waals surface area contributed by atoms with Crippen molar-refractivity contribution in [2.45, 2.75) is 32.6 Å². The van der Waals surface area contributed by atoms with Crippen LogP contribution in [0, 0.1) is 0 Å². The van der Waals surface area contributed by atoms with Gasteiger partial charge in [0.25, 0.3) is 0 Å². The number of carbonyl (C=O) groups excluding carboxylic acids is 2. The van der Waals surface area contributed by atoms with Crippen LogP contribution in [0.5, 0.6) is 5.75 Å². The number of aromatic nitrogens is 1.